The van der Waals surface area contributed by atoms with Gasteiger partial charge in [-0.1, -0.05) is 0 Å². The van der Waals surface area contributed by atoms with Crippen LogP contribution in [-0.2, 0) is 28.7 Å². The third kappa shape index (κ3) is 11.7. The first-order valence-corrected chi connectivity index (χ1v) is 7.57. The molecule has 0 aromatic rings. The van der Waals surface area contributed by atoms with E-state index in [1.54, 1.807) is 26.1 Å². The van der Waals surface area contributed by atoms with Crippen LogP contribution in [0.5, 0.6) is 0 Å². The quantitative estimate of drug-likeness (QED) is 0.228. The largest absolute Gasteiger partial charge is 0.479 e. The average Bonchev–Trinajstić information content (AvgIpc) is 2.51. The number of hydrogen-bond acceptors (Lipinski definition) is 7. The molecule has 13 nitrogen and oxygen atoms in total. The molecule has 0 bridgehead atoms. The molecule has 27 heavy (non-hydrogen) atoms. The van der Waals surface area contributed by atoms with Gasteiger partial charge in [-0.25, -0.2) is 14.4 Å². The van der Waals surface area contributed by atoms with E-state index >= 15 is 0 Å². The highest BCUT2D eigenvalue weighted by atomic mass is 16.6. The second kappa shape index (κ2) is 10.6. The molecular weight excluding hydrogens is 368 g/mol. The van der Waals surface area contributed by atoms with Crippen molar-refractivity contribution < 1.29 is 43.7 Å². The molecule has 0 aliphatic heterocycles. The standard InChI is InChI=1S/C14H22N4O9/c1-14(2,3)27-13(26)17-5-8(20)15-4-7(19)16-6-9(21)18-10(11(22)23)12(24)25/h10H,4-6H2,1-3H3,(H,15,20)(H,16,19)(H,17,26)(H,18,21)(H,22,23)(H,24,25). The van der Waals surface area contributed by atoms with E-state index in [2.05, 4.69) is 16.0 Å². The van der Waals surface area contributed by atoms with Crippen LogP contribution in [0.4, 0.5) is 4.79 Å². The van der Waals surface area contributed by atoms with Gasteiger partial charge in [-0.3, -0.25) is 14.4 Å². The summed E-state index contributed by atoms with van der Waals surface area (Å²) in [6, 6.07) is -2.15. The highest BCUT2D eigenvalue weighted by Crippen LogP contribution is 2.05. The normalized spacial score (nSPS) is 10.5. The third-order valence-electron chi connectivity index (χ3n) is 2.48. The first-order valence-electron chi connectivity index (χ1n) is 7.57. The van der Waals surface area contributed by atoms with Gasteiger partial charge in [0.05, 0.1) is 13.1 Å². The number of aliphatic carboxylic acids is 2. The van der Waals surface area contributed by atoms with E-state index < -0.39 is 67.0 Å². The second-order valence-electron chi connectivity index (χ2n) is 6.09. The van der Waals surface area contributed by atoms with Gasteiger partial charge in [-0.15, -0.1) is 0 Å². The van der Waals surface area contributed by atoms with Crippen LogP contribution >= 0.6 is 0 Å². The van der Waals surface area contributed by atoms with Crippen LogP contribution in [0.15, 0.2) is 0 Å². The van der Waals surface area contributed by atoms with E-state index in [1.165, 1.54) is 0 Å². The van der Waals surface area contributed by atoms with Crippen LogP contribution in [-0.4, -0.2) is 77.2 Å². The molecule has 0 unspecified atom stereocenters. The van der Waals surface area contributed by atoms with Crippen molar-refractivity contribution in [2.24, 2.45) is 0 Å². The van der Waals surface area contributed by atoms with E-state index in [-0.39, 0.29) is 0 Å². The van der Waals surface area contributed by atoms with Crippen LogP contribution in [0, 0.1) is 0 Å². The number of alkyl carbamates (subject to hydrolysis) is 1. The molecule has 4 amide bonds. The van der Waals surface area contributed by atoms with E-state index in [1.807, 2.05) is 0 Å². The van der Waals surface area contributed by atoms with Crippen LogP contribution in [0.1, 0.15) is 20.8 Å². The predicted octanol–water partition coefficient (Wildman–Crippen LogP) is -2.60. The summed E-state index contributed by atoms with van der Waals surface area (Å²) in [7, 11) is 0. The molecule has 0 spiro atoms. The Labute approximate surface area is 153 Å². The Kier molecular flexibility index (Phi) is 9.25. The number of carboxylic acids is 2. The van der Waals surface area contributed by atoms with Crippen molar-refractivity contribution in [3.8, 4) is 0 Å². The van der Waals surface area contributed by atoms with Crippen molar-refractivity contribution in [1.82, 2.24) is 21.3 Å². The van der Waals surface area contributed by atoms with Gasteiger partial charge in [0, 0.05) is 0 Å². The molecule has 0 aromatic heterocycles. The molecule has 0 saturated carbocycles. The van der Waals surface area contributed by atoms with E-state index in [0.717, 1.165) is 0 Å². The zero-order valence-corrected chi connectivity index (χ0v) is 15.0. The maximum atomic E-state index is 11.5. The molecule has 13 heteroatoms. The number of hydrogen-bond donors (Lipinski definition) is 6. The van der Waals surface area contributed by atoms with Crippen molar-refractivity contribution in [2.45, 2.75) is 32.4 Å². The van der Waals surface area contributed by atoms with Crippen molar-refractivity contribution in [1.29, 1.82) is 0 Å². The summed E-state index contributed by atoms with van der Waals surface area (Å²) < 4.78 is 4.91. The van der Waals surface area contributed by atoms with Gasteiger partial charge in [0.15, 0.2) is 0 Å². The van der Waals surface area contributed by atoms with Crippen LogP contribution < -0.4 is 21.3 Å². The first kappa shape index (κ1) is 23.6. The minimum atomic E-state index is -2.15. The summed E-state index contributed by atoms with van der Waals surface area (Å²) >= 11 is 0. The molecule has 0 aromatic carbocycles. The monoisotopic (exact) mass is 390 g/mol. The Morgan fingerprint density at radius 1 is 0.778 bits per heavy atom. The molecule has 152 valence electrons. The van der Waals surface area contributed by atoms with E-state index in [0.29, 0.717) is 0 Å². The molecule has 0 atom stereocenters. The number of carboxylic acid groups (broad SMARTS) is 2. The topological polar surface area (TPSA) is 200 Å². The molecule has 0 aliphatic carbocycles. The van der Waals surface area contributed by atoms with E-state index in [4.69, 9.17) is 14.9 Å². The number of rotatable bonds is 9. The summed E-state index contributed by atoms with van der Waals surface area (Å²) in [6.45, 7) is 3.26. The van der Waals surface area contributed by atoms with Crippen molar-refractivity contribution in [2.75, 3.05) is 19.6 Å². The second-order valence-corrected chi connectivity index (χ2v) is 6.09. The Balaban J connectivity index is 4.10. The number of nitrogens with one attached hydrogen (secondary N) is 4. The highest BCUT2D eigenvalue weighted by molar-refractivity contribution is 6.01. The van der Waals surface area contributed by atoms with Gasteiger partial charge in [0.2, 0.25) is 23.8 Å². The van der Waals surface area contributed by atoms with Gasteiger partial charge < -0.3 is 36.2 Å². The zero-order valence-electron chi connectivity index (χ0n) is 15.0. The van der Waals surface area contributed by atoms with Crippen LogP contribution in [0.25, 0.3) is 0 Å². The fourth-order valence-corrected chi connectivity index (χ4v) is 1.39. The minimum Gasteiger partial charge on any atom is -0.479 e. The van der Waals surface area contributed by atoms with Gasteiger partial charge in [-0.05, 0) is 20.8 Å². The molecule has 0 fully saturated rings. The van der Waals surface area contributed by atoms with Crippen LogP contribution in [0.3, 0.4) is 0 Å². The smallest absolute Gasteiger partial charge is 0.408 e. The lowest BCUT2D eigenvalue weighted by molar-refractivity contribution is -0.153. The Hall–Kier alpha value is -3.38. The molecular formula is C14H22N4O9. The van der Waals surface area contributed by atoms with Gasteiger partial charge in [-0.2, -0.15) is 0 Å². The maximum Gasteiger partial charge on any atom is 0.408 e. The molecule has 0 radical (unpaired) electrons. The lowest BCUT2D eigenvalue weighted by atomic mass is 10.2. The molecule has 0 saturated heterocycles. The van der Waals surface area contributed by atoms with Crippen molar-refractivity contribution in [3.05, 3.63) is 0 Å². The summed E-state index contributed by atoms with van der Waals surface area (Å²) in [5, 5.41) is 25.3. The lowest BCUT2D eigenvalue weighted by Gasteiger charge is -2.19. The molecule has 0 heterocycles. The summed E-state index contributed by atoms with van der Waals surface area (Å²) in [6.07, 6.45) is -0.815. The van der Waals surface area contributed by atoms with Gasteiger partial charge >= 0.3 is 18.0 Å². The number of carbonyl (C=O) groups is 6. The Morgan fingerprint density at radius 3 is 1.59 bits per heavy atom. The molecule has 0 aliphatic rings. The first-order chi connectivity index (χ1) is 12.3. The number of carbonyl (C=O) groups excluding carboxylic acids is 4. The van der Waals surface area contributed by atoms with Gasteiger partial charge in [0.1, 0.15) is 12.1 Å². The zero-order chi connectivity index (χ0) is 21.2. The number of ether oxygens (including phenoxy) is 1. The Morgan fingerprint density at radius 2 is 1.19 bits per heavy atom. The minimum absolute atomic E-state index is 0.443. The molecule has 0 rings (SSSR count). The summed E-state index contributed by atoms with van der Waals surface area (Å²) in [5.41, 5.74) is -0.735. The number of amides is 4. The van der Waals surface area contributed by atoms with Crippen molar-refractivity contribution in [3.63, 3.8) is 0 Å². The third-order valence-corrected chi connectivity index (χ3v) is 2.48. The predicted molar refractivity (Wildman–Crippen MR) is 87.5 cm³/mol. The fourth-order valence-electron chi connectivity index (χ4n) is 1.39. The maximum absolute atomic E-state index is 11.5. The average molecular weight is 390 g/mol. The van der Waals surface area contributed by atoms with E-state index in [9.17, 15) is 28.8 Å². The van der Waals surface area contributed by atoms with Crippen molar-refractivity contribution >= 4 is 35.8 Å². The Bertz CT molecular complexity index is 598. The molecule has 6 N–H and O–H groups in total. The van der Waals surface area contributed by atoms with Gasteiger partial charge in [0.25, 0.3) is 0 Å². The fraction of sp³-hybridized carbons (Fsp3) is 0.571. The van der Waals surface area contributed by atoms with Crippen LogP contribution in [0.2, 0.25) is 0 Å². The summed E-state index contributed by atoms with van der Waals surface area (Å²) in [5.74, 6) is -6.08. The highest BCUT2D eigenvalue weighted by Gasteiger charge is 2.27. The SMILES string of the molecule is CC(C)(C)OC(=O)NCC(=O)NCC(=O)NCC(=O)NC(C(=O)O)C(=O)O. The lowest BCUT2D eigenvalue weighted by Crippen LogP contribution is -2.50. The summed E-state index contributed by atoms with van der Waals surface area (Å²) in [4.78, 5) is 66.9.